The molecule has 2 amide bonds. The van der Waals surface area contributed by atoms with Gasteiger partial charge in [-0.05, 0) is 89.8 Å². The summed E-state index contributed by atoms with van der Waals surface area (Å²) in [6.07, 6.45) is -15.6. The fourth-order valence-corrected chi connectivity index (χ4v) is 13.9. The van der Waals surface area contributed by atoms with Gasteiger partial charge in [0.05, 0.1) is 73.1 Å². The van der Waals surface area contributed by atoms with Crippen LogP contribution in [-0.2, 0) is 83.3 Å². The van der Waals surface area contributed by atoms with E-state index in [-0.39, 0.29) is 67.3 Å². The zero-order valence-electron chi connectivity index (χ0n) is 54.7. The van der Waals surface area contributed by atoms with Crippen molar-refractivity contribution < 1.29 is 80.8 Å². The van der Waals surface area contributed by atoms with E-state index in [4.69, 9.17) is 56.8 Å². The Labute approximate surface area is 584 Å². The molecule has 9 aromatic rings. The maximum atomic E-state index is 15.6. The molecule has 0 unspecified atom stereocenters. The predicted octanol–water partition coefficient (Wildman–Crippen LogP) is 13.1. The first kappa shape index (κ1) is 69.0. The van der Waals surface area contributed by atoms with Gasteiger partial charge in [0.15, 0.2) is 18.7 Å². The number of ether oxygens (including phenoxy) is 12. The summed E-state index contributed by atoms with van der Waals surface area (Å²) in [5.41, 5.74) is 3.10. The number of hydrogen-bond acceptors (Lipinski definition) is 18. The van der Waals surface area contributed by atoms with Crippen molar-refractivity contribution >= 4 is 41.5 Å². The highest BCUT2D eigenvalue weighted by molar-refractivity contribution is 7.99. The predicted molar refractivity (Wildman–Crippen MR) is 368 cm³/mol. The average molecular weight is 1370 g/mol. The Bertz CT molecular complexity index is 4080. The number of rotatable bonds is 27. The third kappa shape index (κ3) is 17.0. The van der Waals surface area contributed by atoms with Gasteiger partial charge < -0.3 is 56.8 Å². The molecule has 0 aliphatic carbocycles. The molecule has 9 aromatic carbocycles. The summed E-state index contributed by atoms with van der Waals surface area (Å²) in [5, 5.41) is 0. The summed E-state index contributed by atoms with van der Waals surface area (Å²) in [5.74, 6) is -3.57. The number of benzene rings is 9. The minimum atomic E-state index is -1.78. The number of imide groups is 1. The van der Waals surface area contributed by atoms with E-state index in [9.17, 15) is 14.4 Å². The van der Waals surface area contributed by atoms with Crippen LogP contribution in [0.2, 0.25) is 0 Å². The standard InChI is InChI=1S/C81H75NO17S/c1-53-68(89-48-55-30-12-3-13-31-55)72(90-49-56-32-14-4-15-33-56)73(91-50-57-34-16-5-17-35-57)80(93-53)99-71-67(82-74(83)63-44-26-27-45-64(63)75(82)84)81(100-62-42-24-9-25-43-62)96-66(52-88-47-54-28-10-2-11-29-54)69(71)98-79-70(97-78(87)60-40-22-8-23-41-60)65(95-77(86)59-38-20-7-21-39-59)46-61(94-79)51-92-76(85)58-36-18-6-19-37-58/h2-45,53,61,65-73,79-81H,46-52H2,1H3/t53-,61-,65-,66+,67+,68+,69+,70+,71+,72+,73-,79-,80-,81-/m0/s1. The summed E-state index contributed by atoms with van der Waals surface area (Å²) in [7, 11) is 0. The largest absolute Gasteiger partial charge is 0.459 e. The topological polar surface area (TPSA) is 199 Å². The Balaban J connectivity index is 0.974. The van der Waals surface area contributed by atoms with Crippen LogP contribution in [0, 0.1) is 0 Å². The van der Waals surface area contributed by atoms with E-state index in [2.05, 4.69) is 0 Å². The number of fused-ring (bicyclic) bond motifs is 1. The Morgan fingerprint density at radius 2 is 0.840 bits per heavy atom. The van der Waals surface area contributed by atoms with Gasteiger partial charge in [-0.3, -0.25) is 14.5 Å². The lowest BCUT2D eigenvalue weighted by atomic mass is 9.94. The van der Waals surface area contributed by atoms with Crippen molar-refractivity contribution in [3.8, 4) is 0 Å². The number of thioether (sulfide) groups is 1. The van der Waals surface area contributed by atoms with Crippen LogP contribution < -0.4 is 0 Å². The molecule has 0 saturated carbocycles. The summed E-state index contributed by atoms with van der Waals surface area (Å²) in [6.45, 7) is 1.61. The second-order valence-corrected chi connectivity index (χ2v) is 25.7. The third-order valence-electron chi connectivity index (χ3n) is 17.7. The zero-order valence-corrected chi connectivity index (χ0v) is 55.5. The molecule has 0 N–H and O–H groups in total. The molecule has 3 saturated heterocycles. The molecule has 13 rings (SSSR count). The minimum Gasteiger partial charge on any atom is -0.459 e. The van der Waals surface area contributed by atoms with Crippen LogP contribution in [0.5, 0.6) is 0 Å². The van der Waals surface area contributed by atoms with E-state index >= 15 is 9.59 Å². The lowest BCUT2D eigenvalue weighted by molar-refractivity contribution is -0.362. The van der Waals surface area contributed by atoms with Gasteiger partial charge in [-0.1, -0.05) is 218 Å². The molecule has 0 bridgehead atoms. The molecule has 14 atom stereocenters. The monoisotopic (exact) mass is 1370 g/mol. The number of carbonyl (C=O) groups is 5. The number of amides is 2. The number of nitrogens with zero attached hydrogens (tertiary/aromatic N) is 1. The van der Waals surface area contributed by atoms with Crippen LogP contribution in [0.15, 0.2) is 272 Å². The van der Waals surface area contributed by atoms with Gasteiger partial charge in [-0.25, -0.2) is 14.4 Å². The fourth-order valence-electron chi connectivity index (χ4n) is 12.7. The van der Waals surface area contributed by atoms with E-state index < -0.39 is 121 Å². The maximum absolute atomic E-state index is 15.6. The molecule has 4 aliphatic heterocycles. The van der Waals surface area contributed by atoms with E-state index in [0.717, 1.165) is 27.2 Å². The van der Waals surface area contributed by atoms with Crippen molar-refractivity contribution in [2.24, 2.45) is 0 Å². The van der Waals surface area contributed by atoms with Crippen LogP contribution in [0.4, 0.5) is 0 Å². The quantitative estimate of drug-likeness (QED) is 0.0267. The molecule has 0 aromatic heterocycles. The van der Waals surface area contributed by atoms with Crippen molar-refractivity contribution in [1.29, 1.82) is 0 Å². The number of hydrogen-bond donors (Lipinski definition) is 0. The Morgan fingerprint density at radius 3 is 1.36 bits per heavy atom. The second-order valence-electron chi connectivity index (χ2n) is 24.6. The van der Waals surface area contributed by atoms with Gasteiger partial charge in [0.25, 0.3) is 11.8 Å². The van der Waals surface area contributed by atoms with E-state index in [1.807, 2.05) is 159 Å². The van der Waals surface area contributed by atoms with Gasteiger partial charge in [0.1, 0.15) is 60.8 Å². The first-order chi connectivity index (χ1) is 49.1. The van der Waals surface area contributed by atoms with Crippen molar-refractivity contribution in [2.75, 3.05) is 13.2 Å². The molecule has 4 aliphatic rings. The van der Waals surface area contributed by atoms with E-state index in [0.29, 0.717) is 4.90 Å². The molecule has 3 fully saturated rings. The number of carbonyl (C=O) groups excluding carboxylic acids is 5. The molecular formula is C81H75NO17S. The lowest BCUT2D eigenvalue weighted by Gasteiger charge is -2.52. The first-order valence-electron chi connectivity index (χ1n) is 33.4. The van der Waals surface area contributed by atoms with Crippen LogP contribution in [0.25, 0.3) is 0 Å². The van der Waals surface area contributed by atoms with E-state index in [1.165, 1.54) is 11.8 Å². The molecule has 4 heterocycles. The lowest BCUT2D eigenvalue weighted by Crippen LogP contribution is -2.69. The highest BCUT2D eigenvalue weighted by atomic mass is 32.2. The van der Waals surface area contributed by atoms with Crippen molar-refractivity contribution in [3.05, 3.63) is 317 Å². The smallest absolute Gasteiger partial charge is 0.338 e. The maximum Gasteiger partial charge on any atom is 0.338 e. The van der Waals surface area contributed by atoms with E-state index in [1.54, 1.807) is 115 Å². The minimum absolute atomic E-state index is 0.0292. The summed E-state index contributed by atoms with van der Waals surface area (Å²) in [6, 6.07) is 78.0. The van der Waals surface area contributed by atoms with Crippen LogP contribution in [0.3, 0.4) is 0 Å². The zero-order chi connectivity index (χ0) is 68.6. The first-order valence-corrected chi connectivity index (χ1v) is 34.2. The third-order valence-corrected chi connectivity index (χ3v) is 18.8. The Kier molecular flexibility index (Phi) is 23.2. The molecular weight excluding hydrogens is 1290 g/mol. The Morgan fingerprint density at radius 1 is 0.420 bits per heavy atom. The van der Waals surface area contributed by atoms with Crippen LogP contribution in [0.1, 0.15) is 87.4 Å². The van der Waals surface area contributed by atoms with Crippen LogP contribution in [-0.4, -0.2) is 133 Å². The Hall–Kier alpha value is -9.48. The fraction of sp³-hybridized carbons (Fsp3) is 0.272. The summed E-state index contributed by atoms with van der Waals surface area (Å²) in [4.78, 5) is 76.3. The highest BCUT2D eigenvalue weighted by Gasteiger charge is 2.60. The molecule has 512 valence electrons. The van der Waals surface area contributed by atoms with Gasteiger partial charge >= 0.3 is 17.9 Å². The highest BCUT2D eigenvalue weighted by Crippen LogP contribution is 2.44. The molecule has 0 radical (unpaired) electrons. The average Bonchev–Trinajstić information content (AvgIpc) is 1.69. The van der Waals surface area contributed by atoms with Gasteiger partial charge in [-0.2, -0.15) is 0 Å². The summed E-state index contributed by atoms with van der Waals surface area (Å²) < 4.78 is 83.9. The normalized spacial score (nSPS) is 24.9. The molecule has 0 spiro atoms. The molecule has 18 nitrogen and oxygen atoms in total. The van der Waals surface area contributed by atoms with Crippen molar-refractivity contribution in [2.45, 2.75) is 130 Å². The summed E-state index contributed by atoms with van der Waals surface area (Å²) >= 11 is 1.25. The molecule has 100 heavy (non-hydrogen) atoms. The van der Waals surface area contributed by atoms with Gasteiger partial charge in [-0.15, -0.1) is 0 Å². The van der Waals surface area contributed by atoms with Crippen molar-refractivity contribution in [3.63, 3.8) is 0 Å². The van der Waals surface area contributed by atoms with Gasteiger partial charge in [0.2, 0.25) is 0 Å². The number of esters is 3. The second kappa shape index (κ2) is 33.6. The van der Waals surface area contributed by atoms with Gasteiger partial charge in [0, 0.05) is 11.3 Å². The van der Waals surface area contributed by atoms with Crippen molar-refractivity contribution in [1.82, 2.24) is 4.90 Å². The van der Waals surface area contributed by atoms with Crippen LogP contribution >= 0.6 is 11.8 Å². The SMILES string of the molecule is C[C@@H]1O[C@@H](O[C@H]2[C@H](O[C@@H]3O[C@H](COC(=O)c4ccccc4)C[C@H](OC(=O)c4ccccc4)[C@H]3OC(=O)c3ccccc3)[C@@H](COCc3ccccc3)O[C@@H](Sc3ccccc3)[C@@H]2N2C(=O)c3ccccc3C2=O)[C@@H](OCc2ccccc2)[C@H](OCc2ccccc2)[C@@H]1OCc1ccccc1. The molecule has 19 heteroatoms.